The predicted octanol–water partition coefficient (Wildman–Crippen LogP) is 3.84. The van der Waals surface area contributed by atoms with Gasteiger partial charge in [-0.2, -0.15) is 5.10 Å². The minimum absolute atomic E-state index is 0.0643. The van der Waals surface area contributed by atoms with Crippen LogP contribution in [-0.4, -0.2) is 21.6 Å². The van der Waals surface area contributed by atoms with Gasteiger partial charge in [0.25, 0.3) is 0 Å². The highest BCUT2D eigenvalue weighted by atomic mass is 35.5. The molecule has 2 N–H and O–H groups in total. The predicted molar refractivity (Wildman–Crippen MR) is 91.2 cm³/mol. The van der Waals surface area contributed by atoms with Gasteiger partial charge in [-0.1, -0.05) is 29.3 Å². The molecule has 0 fully saturated rings. The average Bonchev–Trinajstić information content (AvgIpc) is 2.73. The Labute approximate surface area is 135 Å². The van der Waals surface area contributed by atoms with Crippen molar-refractivity contribution < 1.29 is 0 Å². The monoisotopic (exact) mass is 323 g/mol. The number of rotatable bonds is 6. The highest BCUT2D eigenvalue weighted by Crippen LogP contribution is 2.24. The molecule has 2 aromatic rings. The first-order valence-corrected chi connectivity index (χ1v) is 8.54. The molecule has 21 heavy (non-hydrogen) atoms. The minimum Gasteiger partial charge on any atom is -0.327 e. The largest absolute Gasteiger partial charge is 0.327 e. The number of hydrogen-bond donors (Lipinski definition) is 1. The summed E-state index contributed by atoms with van der Waals surface area (Å²) in [6.45, 7) is 6.93. The smallest absolute Gasteiger partial charge is 0.0847 e. The Balaban J connectivity index is 1.97. The number of nitrogens with two attached hydrogens (primary N) is 1. The van der Waals surface area contributed by atoms with Gasteiger partial charge in [0.1, 0.15) is 0 Å². The Morgan fingerprint density at radius 2 is 2.14 bits per heavy atom. The maximum atomic E-state index is 6.33. The molecule has 0 spiro atoms. The van der Waals surface area contributed by atoms with Crippen molar-refractivity contribution >= 4 is 23.4 Å². The van der Waals surface area contributed by atoms with Gasteiger partial charge in [-0.05, 0) is 32.9 Å². The molecule has 114 valence electrons. The minimum atomic E-state index is 0.0643. The summed E-state index contributed by atoms with van der Waals surface area (Å²) in [5.74, 6) is 0.869. The SMILES string of the molecule is CCn1nc(C)c(Cl)c1CC(N)CSc1cccc(C)c1. The van der Waals surface area contributed by atoms with E-state index < -0.39 is 0 Å². The molecular formula is C16H22ClN3S. The second-order valence-electron chi connectivity index (χ2n) is 5.25. The van der Waals surface area contributed by atoms with Crippen molar-refractivity contribution in [1.29, 1.82) is 0 Å². The van der Waals surface area contributed by atoms with Crippen LogP contribution in [-0.2, 0) is 13.0 Å². The topological polar surface area (TPSA) is 43.8 Å². The molecule has 5 heteroatoms. The van der Waals surface area contributed by atoms with Crippen LogP contribution in [0.4, 0.5) is 0 Å². The molecule has 0 aliphatic rings. The van der Waals surface area contributed by atoms with E-state index in [0.29, 0.717) is 0 Å². The molecule has 1 unspecified atom stereocenters. The summed E-state index contributed by atoms with van der Waals surface area (Å²) in [6.07, 6.45) is 0.756. The standard InChI is InChI=1S/C16H22ClN3S/c1-4-20-15(16(17)12(3)19-20)9-13(18)10-21-14-7-5-6-11(2)8-14/h5-8,13H,4,9-10,18H2,1-3H3. The van der Waals surface area contributed by atoms with Crippen molar-refractivity contribution in [2.75, 3.05) is 5.75 Å². The van der Waals surface area contributed by atoms with Crippen LogP contribution in [0.15, 0.2) is 29.2 Å². The second-order valence-corrected chi connectivity index (χ2v) is 6.72. The molecule has 1 aromatic carbocycles. The Morgan fingerprint density at radius 3 is 2.81 bits per heavy atom. The number of halogens is 1. The van der Waals surface area contributed by atoms with Crippen molar-refractivity contribution in [3.05, 3.63) is 46.2 Å². The zero-order valence-corrected chi connectivity index (χ0v) is 14.3. The van der Waals surface area contributed by atoms with E-state index in [1.54, 1.807) is 11.8 Å². The van der Waals surface area contributed by atoms with Gasteiger partial charge < -0.3 is 5.73 Å². The third-order valence-electron chi connectivity index (χ3n) is 3.36. The molecule has 1 aromatic heterocycles. The quantitative estimate of drug-likeness (QED) is 0.821. The van der Waals surface area contributed by atoms with Crippen LogP contribution in [0.25, 0.3) is 0 Å². The third-order valence-corrected chi connectivity index (χ3v) is 5.04. The fraction of sp³-hybridized carbons (Fsp3) is 0.438. The first-order chi connectivity index (χ1) is 10.0. The van der Waals surface area contributed by atoms with Crippen LogP contribution in [0.2, 0.25) is 5.02 Å². The van der Waals surface area contributed by atoms with Gasteiger partial charge in [0.05, 0.1) is 16.4 Å². The van der Waals surface area contributed by atoms with E-state index in [4.69, 9.17) is 17.3 Å². The molecule has 1 atom stereocenters. The van der Waals surface area contributed by atoms with Crippen LogP contribution >= 0.6 is 23.4 Å². The lowest BCUT2D eigenvalue weighted by atomic mass is 10.2. The summed E-state index contributed by atoms with van der Waals surface area (Å²) in [4.78, 5) is 1.26. The maximum absolute atomic E-state index is 6.33. The average molecular weight is 324 g/mol. The highest BCUT2D eigenvalue weighted by Gasteiger charge is 2.15. The van der Waals surface area contributed by atoms with E-state index in [0.717, 1.165) is 35.1 Å². The number of thioether (sulfide) groups is 1. The molecule has 0 bridgehead atoms. The van der Waals surface area contributed by atoms with Gasteiger partial charge in [0.15, 0.2) is 0 Å². The lowest BCUT2D eigenvalue weighted by molar-refractivity contribution is 0.594. The molecule has 3 nitrogen and oxygen atoms in total. The molecule has 0 aliphatic carbocycles. The van der Waals surface area contributed by atoms with Gasteiger partial charge in [0.2, 0.25) is 0 Å². The van der Waals surface area contributed by atoms with Crippen molar-refractivity contribution in [3.63, 3.8) is 0 Å². The van der Waals surface area contributed by atoms with Gasteiger partial charge in [-0.3, -0.25) is 4.68 Å². The van der Waals surface area contributed by atoms with Gasteiger partial charge in [0, 0.05) is 29.7 Å². The molecule has 0 saturated heterocycles. The lowest BCUT2D eigenvalue weighted by Gasteiger charge is -2.13. The maximum Gasteiger partial charge on any atom is 0.0847 e. The number of hydrogen-bond acceptors (Lipinski definition) is 3. The van der Waals surface area contributed by atoms with Crippen LogP contribution < -0.4 is 5.73 Å². The highest BCUT2D eigenvalue weighted by molar-refractivity contribution is 7.99. The zero-order valence-electron chi connectivity index (χ0n) is 12.8. The molecule has 0 radical (unpaired) electrons. The molecule has 0 aliphatic heterocycles. The van der Waals surface area contributed by atoms with E-state index in [-0.39, 0.29) is 6.04 Å². The van der Waals surface area contributed by atoms with Crippen molar-refractivity contribution in [2.24, 2.45) is 5.73 Å². The summed E-state index contributed by atoms with van der Waals surface area (Å²) in [7, 11) is 0. The van der Waals surface area contributed by atoms with Crippen molar-refractivity contribution in [2.45, 2.75) is 44.7 Å². The first-order valence-electron chi connectivity index (χ1n) is 7.18. The summed E-state index contributed by atoms with van der Waals surface area (Å²) < 4.78 is 1.95. The van der Waals surface area contributed by atoms with Gasteiger partial charge >= 0.3 is 0 Å². The normalized spacial score (nSPS) is 12.6. The van der Waals surface area contributed by atoms with Crippen LogP contribution in [0, 0.1) is 13.8 Å². The Bertz CT molecular complexity index is 610. The van der Waals surface area contributed by atoms with E-state index >= 15 is 0 Å². The van der Waals surface area contributed by atoms with Crippen LogP contribution in [0.3, 0.4) is 0 Å². The molecule has 1 heterocycles. The summed E-state index contributed by atoms with van der Waals surface area (Å²) in [6, 6.07) is 8.55. The Kier molecular flexibility index (Phi) is 5.73. The van der Waals surface area contributed by atoms with Crippen molar-refractivity contribution in [3.8, 4) is 0 Å². The van der Waals surface area contributed by atoms with E-state index in [1.165, 1.54) is 10.5 Å². The summed E-state index contributed by atoms with van der Waals surface area (Å²) in [5, 5.41) is 5.19. The Hall–Kier alpha value is -0.970. The van der Waals surface area contributed by atoms with Crippen molar-refractivity contribution in [1.82, 2.24) is 9.78 Å². The third kappa shape index (κ3) is 4.25. The molecule has 0 saturated carbocycles. The van der Waals surface area contributed by atoms with E-state index in [9.17, 15) is 0 Å². The number of nitrogens with zero attached hydrogens (tertiary/aromatic N) is 2. The first kappa shape index (κ1) is 16.4. The van der Waals surface area contributed by atoms with Crippen LogP contribution in [0.1, 0.15) is 23.9 Å². The number of benzene rings is 1. The van der Waals surface area contributed by atoms with E-state index in [2.05, 4.69) is 43.2 Å². The second kappa shape index (κ2) is 7.34. The fourth-order valence-corrected chi connectivity index (χ4v) is 3.46. The number of aryl methyl sites for hydroxylation is 3. The Morgan fingerprint density at radius 1 is 1.38 bits per heavy atom. The fourth-order valence-electron chi connectivity index (χ4n) is 2.28. The molecule has 0 amide bonds. The molecule has 2 rings (SSSR count). The van der Waals surface area contributed by atoms with Gasteiger partial charge in [-0.25, -0.2) is 0 Å². The zero-order chi connectivity index (χ0) is 15.4. The lowest BCUT2D eigenvalue weighted by Crippen LogP contribution is -2.27. The number of aromatic nitrogens is 2. The van der Waals surface area contributed by atoms with Gasteiger partial charge in [-0.15, -0.1) is 11.8 Å². The summed E-state index contributed by atoms with van der Waals surface area (Å²) >= 11 is 8.12. The summed E-state index contributed by atoms with van der Waals surface area (Å²) in [5.41, 5.74) is 9.48. The van der Waals surface area contributed by atoms with E-state index in [1.807, 2.05) is 11.6 Å². The van der Waals surface area contributed by atoms with Crippen LogP contribution in [0.5, 0.6) is 0 Å². The molecular weight excluding hydrogens is 302 g/mol.